The van der Waals surface area contributed by atoms with Gasteiger partial charge < -0.3 is 9.47 Å². The molecule has 0 bridgehead atoms. The number of benzene rings is 2. The van der Waals surface area contributed by atoms with Crippen molar-refractivity contribution in [1.29, 1.82) is 0 Å². The molecule has 0 radical (unpaired) electrons. The van der Waals surface area contributed by atoms with Crippen molar-refractivity contribution in [2.24, 2.45) is 0 Å². The molecule has 2 aromatic carbocycles. The monoisotopic (exact) mass is 329 g/mol. The van der Waals surface area contributed by atoms with Crippen molar-refractivity contribution in [1.82, 2.24) is 4.57 Å². The van der Waals surface area contributed by atoms with E-state index in [4.69, 9.17) is 21.1 Å². The Morgan fingerprint density at radius 2 is 1.96 bits per heavy atom. The Morgan fingerprint density at radius 3 is 2.70 bits per heavy atom. The normalized spacial score (nSPS) is 10.7. The van der Waals surface area contributed by atoms with E-state index in [0.29, 0.717) is 29.5 Å². The first-order chi connectivity index (χ1) is 11.2. The molecule has 0 unspecified atom stereocenters. The summed E-state index contributed by atoms with van der Waals surface area (Å²) in [5.74, 6) is 0.607. The maximum absolute atomic E-state index is 12.0. The Morgan fingerprint density at radius 1 is 1.17 bits per heavy atom. The summed E-state index contributed by atoms with van der Waals surface area (Å²) < 4.78 is 12.3. The summed E-state index contributed by atoms with van der Waals surface area (Å²) in [6, 6.07) is 15.2. The number of rotatable bonds is 4. The lowest BCUT2D eigenvalue weighted by molar-refractivity contribution is 0.155. The lowest BCUT2D eigenvalue weighted by Gasteiger charge is -2.09. The summed E-state index contributed by atoms with van der Waals surface area (Å²) in [5, 5.41) is 1.32. The fourth-order valence-corrected chi connectivity index (χ4v) is 2.62. The molecule has 0 N–H and O–H groups in total. The zero-order valence-electron chi connectivity index (χ0n) is 12.7. The Bertz CT molecular complexity index is 827. The largest absolute Gasteiger partial charge is 0.489 e. The van der Waals surface area contributed by atoms with E-state index < -0.39 is 6.09 Å². The van der Waals surface area contributed by atoms with Crippen molar-refractivity contribution in [3.05, 3.63) is 65.3 Å². The van der Waals surface area contributed by atoms with Crippen LogP contribution in [0.4, 0.5) is 4.79 Å². The molecule has 0 aliphatic carbocycles. The molecule has 4 nitrogen and oxygen atoms in total. The van der Waals surface area contributed by atoms with E-state index in [1.807, 2.05) is 30.3 Å². The number of carbonyl (C=O) groups is 1. The van der Waals surface area contributed by atoms with Gasteiger partial charge in [0, 0.05) is 17.6 Å². The number of fused-ring (bicyclic) bond motifs is 1. The maximum atomic E-state index is 12.0. The Hall–Kier alpha value is -2.46. The van der Waals surface area contributed by atoms with Gasteiger partial charge in [0.1, 0.15) is 12.4 Å². The van der Waals surface area contributed by atoms with Crippen molar-refractivity contribution in [3.8, 4) is 5.75 Å². The molecule has 0 saturated heterocycles. The number of aromatic nitrogens is 1. The van der Waals surface area contributed by atoms with Crippen LogP contribution in [0.2, 0.25) is 5.02 Å². The molecule has 3 aromatic rings. The summed E-state index contributed by atoms with van der Waals surface area (Å²) in [4.78, 5) is 12.0. The van der Waals surface area contributed by atoms with E-state index in [9.17, 15) is 4.79 Å². The molecule has 0 fully saturated rings. The second kappa shape index (κ2) is 6.75. The highest BCUT2D eigenvalue weighted by Gasteiger charge is 2.13. The molecule has 0 amide bonds. The average molecular weight is 330 g/mol. The van der Waals surface area contributed by atoms with Gasteiger partial charge in [0.25, 0.3) is 0 Å². The lowest BCUT2D eigenvalue weighted by Crippen LogP contribution is -2.12. The van der Waals surface area contributed by atoms with E-state index in [2.05, 4.69) is 0 Å². The van der Waals surface area contributed by atoms with Gasteiger partial charge in [-0.1, -0.05) is 41.9 Å². The summed E-state index contributed by atoms with van der Waals surface area (Å²) in [6.45, 7) is 2.52. The van der Waals surface area contributed by atoms with Crippen LogP contribution in [-0.2, 0) is 11.3 Å². The fraction of sp³-hybridized carbons (Fsp3) is 0.167. The molecule has 3 rings (SSSR count). The minimum Gasteiger partial charge on any atom is -0.489 e. The molecule has 118 valence electrons. The Labute approximate surface area is 139 Å². The van der Waals surface area contributed by atoms with Crippen LogP contribution in [0.3, 0.4) is 0 Å². The minimum atomic E-state index is -0.432. The minimum absolute atomic E-state index is 0.316. The number of carbonyl (C=O) groups excluding carboxylic acids is 1. The maximum Gasteiger partial charge on any atom is 0.418 e. The van der Waals surface area contributed by atoms with Crippen molar-refractivity contribution in [2.75, 3.05) is 6.61 Å². The second-order valence-corrected chi connectivity index (χ2v) is 5.40. The highest BCUT2D eigenvalue weighted by atomic mass is 35.5. The second-order valence-electron chi connectivity index (χ2n) is 5.00. The Kier molecular flexibility index (Phi) is 4.53. The third-order valence-electron chi connectivity index (χ3n) is 3.44. The van der Waals surface area contributed by atoms with Crippen LogP contribution in [-0.4, -0.2) is 17.3 Å². The van der Waals surface area contributed by atoms with E-state index in [1.165, 1.54) is 4.57 Å². The molecule has 0 saturated carbocycles. The topological polar surface area (TPSA) is 40.5 Å². The molecule has 0 aliphatic rings. The average Bonchev–Trinajstić information content (AvgIpc) is 2.99. The molecule has 1 heterocycles. The van der Waals surface area contributed by atoms with Crippen LogP contribution in [0.1, 0.15) is 12.5 Å². The van der Waals surface area contributed by atoms with Gasteiger partial charge >= 0.3 is 6.09 Å². The van der Waals surface area contributed by atoms with Gasteiger partial charge in [0.05, 0.1) is 17.1 Å². The molecule has 0 spiro atoms. The van der Waals surface area contributed by atoms with Gasteiger partial charge in [-0.15, -0.1) is 0 Å². The molecule has 1 aromatic heterocycles. The summed E-state index contributed by atoms with van der Waals surface area (Å²) >= 11 is 6.29. The van der Waals surface area contributed by atoms with E-state index in [1.54, 1.807) is 31.3 Å². The highest BCUT2D eigenvalue weighted by molar-refractivity contribution is 6.35. The standard InChI is InChI=1S/C18H16ClNO3/c1-2-22-18(21)20-9-8-15-16(19)10-14(11-17(15)20)23-12-13-6-4-3-5-7-13/h3-11H,2,12H2,1H3. The zero-order chi connectivity index (χ0) is 16.2. The third-order valence-corrected chi connectivity index (χ3v) is 3.76. The van der Waals surface area contributed by atoms with Crippen LogP contribution >= 0.6 is 11.6 Å². The molecular weight excluding hydrogens is 314 g/mol. The molecule has 0 aliphatic heterocycles. The first kappa shape index (κ1) is 15.4. The van der Waals surface area contributed by atoms with Crippen LogP contribution in [0.25, 0.3) is 10.9 Å². The quantitative estimate of drug-likeness (QED) is 0.685. The molecule has 0 atom stereocenters. The van der Waals surface area contributed by atoms with Crippen LogP contribution in [0, 0.1) is 0 Å². The van der Waals surface area contributed by atoms with E-state index in [0.717, 1.165) is 10.9 Å². The number of ether oxygens (including phenoxy) is 2. The molecular formula is C18H16ClNO3. The molecule has 23 heavy (non-hydrogen) atoms. The zero-order valence-corrected chi connectivity index (χ0v) is 13.4. The number of hydrogen-bond acceptors (Lipinski definition) is 3. The Balaban J connectivity index is 1.89. The SMILES string of the molecule is CCOC(=O)n1ccc2c(Cl)cc(OCc3ccccc3)cc21. The predicted molar refractivity (Wildman–Crippen MR) is 90.1 cm³/mol. The van der Waals surface area contributed by atoms with Crippen LogP contribution in [0.15, 0.2) is 54.7 Å². The first-order valence-corrected chi connectivity index (χ1v) is 7.71. The summed E-state index contributed by atoms with van der Waals surface area (Å²) in [6.07, 6.45) is 1.22. The van der Waals surface area contributed by atoms with Gasteiger partial charge in [-0.05, 0) is 24.6 Å². The van der Waals surface area contributed by atoms with Gasteiger partial charge in [-0.3, -0.25) is 4.57 Å². The predicted octanol–water partition coefficient (Wildman–Crippen LogP) is 4.88. The number of halogens is 1. The van der Waals surface area contributed by atoms with Gasteiger partial charge in [0.2, 0.25) is 0 Å². The number of hydrogen-bond donors (Lipinski definition) is 0. The number of nitrogens with zero attached hydrogens (tertiary/aromatic N) is 1. The van der Waals surface area contributed by atoms with Crippen molar-refractivity contribution < 1.29 is 14.3 Å². The van der Waals surface area contributed by atoms with Gasteiger partial charge in [-0.25, -0.2) is 4.79 Å². The highest BCUT2D eigenvalue weighted by Crippen LogP contribution is 2.30. The van der Waals surface area contributed by atoms with Crippen molar-refractivity contribution >= 4 is 28.6 Å². The van der Waals surface area contributed by atoms with Gasteiger partial charge in [-0.2, -0.15) is 0 Å². The lowest BCUT2D eigenvalue weighted by atomic mass is 10.2. The third kappa shape index (κ3) is 3.32. The van der Waals surface area contributed by atoms with Gasteiger partial charge in [0.15, 0.2) is 0 Å². The first-order valence-electron chi connectivity index (χ1n) is 7.33. The fourth-order valence-electron chi connectivity index (χ4n) is 2.35. The van der Waals surface area contributed by atoms with E-state index in [-0.39, 0.29) is 0 Å². The van der Waals surface area contributed by atoms with Crippen molar-refractivity contribution in [3.63, 3.8) is 0 Å². The summed E-state index contributed by atoms with van der Waals surface area (Å²) in [7, 11) is 0. The van der Waals surface area contributed by atoms with E-state index >= 15 is 0 Å². The van der Waals surface area contributed by atoms with Crippen molar-refractivity contribution in [2.45, 2.75) is 13.5 Å². The summed E-state index contributed by atoms with van der Waals surface area (Å²) in [5.41, 5.74) is 1.73. The van der Waals surface area contributed by atoms with Crippen LogP contribution in [0.5, 0.6) is 5.75 Å². The van der Waals surface area contributed by atoms with Crippen LogP contribution < -0.4 is 4.74 Å². The molecule has 5 heteroatoms. The smallest absolute Gasteiger partial charge is 0.418 e.